The van der Waals surface area contributed by atoms with Gasteiger partial charge < -0.3 is 14.5 Å². The zero-order chi connectivity index (χ0) is 24.8. The van der Waals surface area contributed by atoms with Crippen molar-refractivity contribution in [1.29, 1.82) is 0 Å². The van der Waals surface area contributed by atoms with Crippen molar-refractivity contribution >= 4 is 28.5 Å². The predicted octanol–water partition coefficient (Wildman–Crippen LogP) is 3.97. The monoisotopic (exact) mass is 475 g/mol. The van der Waals surface area contributed by atoms with Gasteiger partial charge in [0, 0.05) is 12.2 Å². The van der Waals surface area contributed by atoms with Crippen molar-refractivity contribution in [3.05, 3.63) is 72.7 Å². The Labute approximate surface area is 203 Å². The molecule has 0 radical (unpaired) electrons. The molecule has 2 aromatic carbocycles. The number of methoxy groups -OCH3 is 1. The number of aromatic nitrogens is 3. The second-order valence-corrected chi connectivity index (χ2v) is 8.59. The van der Waals surface area contributed by atoms with Gasteiger partial charge in [0.05, 0.1) is 18.9 Å². The smallest absolute Gasteiger partial charge is 0.251 e. The fraction of sp³-hybridized carbons (Fsp3) is 0.308. The van der Waals surface area contributed by atoms with Crippen LogP contribution in [0.15, 0.2) is 71.3 Å². The number of anilines is 1. The molecule has 1 atom stereocenters. The summed E-state index contributed by atoms with van der Waals surface area (Å²) >= 11 is 0. The van der Waals surface area contributed by atoms with Crippen molar-refractivity contribution in [1.82, 2.24) is 20.3 Å². The van der Waals surface area contributed by atoms with E-state index in [9.17, 15) is 9.59 Å². The highest BCUT2D eigenvalue weighted by molar-refractivity contribution is 6.01. The summed E-state index contributed by atoms with van der Waals surface area (Å²) in [5.41, 5.74) is 1.94. The number of nitrogens with one attached hydrogen (secondary N) is 1. The molecule has 0 spiro atoms. The molecule has 35 heavy (non-hydrogen) atoms. The molecule has 0 aliphatic heterocycles. The molecule has 0 saturated heterocycles. The average Bonchev–Trinajstić information content (AvgIpc) is 3.53. The molecule has 0 fully saturated rings. The van der Waals surface area contributed by atoms with E-state index in [-0.39, 0.29) is 18.4 Å². The van der Waals surface area contributed by atoms with E-state index in [0.717, 1.165) is 11.9 Å². The van der Waals surface area contributed by atoms with Gasteiger partial charge in [0.15, 0.2) is 6.04 Å². The largest absolute Gasteiger partial charge is 0.497 e. The molecule has 0 aliphatic rings. The first-order valence-corrected chi connectivity index (χ1v) is 11.5. The first kappa shape index (κ1) is 24.0. The van der Waals surface area contributed by atoms with Crippen molar-refractivity contribution in [2.45, 2.75) is 32.9 Å². The zero-order valence-corrected chi connectivity index (χ0v) is 20.0. The Bertz CT molecular complexity index is 1260. The molecule has 2 aromatic heterocycles. The number of nitrogens with zero attached hydrogens (tertiary/aromatic N) is 4. The number of carbonyl (C=O) groups excluding carboxylic acids is 2. The summed E-state index contributed by atoms with van der Waals surface area (Å²) in [6, 6.07) is 16.8. The van der Waals surface area contributed by atoms with Gasteiger partial charge in [-0.3, -0.25) is 14.5 Å². The van der Waals surface area contributed by atoms with Crippen LogP contribution in [-0.4, -0.2) is 40.5 Å². The Morgan fingerprint density at radius 1 is 1.09 bits per heavy atom. The number of benzene rings is 2. The molecule has 0 aliphatic carbocycles. The van der Waals surface area contributed by atoms with Gasteiger partial charge in [0.25, 0.3) is 5.91 Å². The Balaban J connectivity index is 1.72. The number of para-hydroxylation sites is 1. The molecule has 2 amide bonds. The van der Waals surface area contributed by atoms with Crippen LogP contribution in [-0.2, 0) is 16.1 Å². The number of hydrogen-bond acceptors (Lipinski definition) is 6. The van der Waals surface area contributed by atoms with E-state index < -0.39 is 6.04 Å². The first-order chi connectivity index (χ1) is 17.0. The van der Waals surface area contributed by atoms with Crippen molar-refractivity contribution in [2.24, 2.45) is 5.92 Å². The van der Waals surface area contributed by atoms with Crippen LogP contribution in [0.5, 0.6) is 5.75 Å². The Hall–Kier alpha value is -4.14. The minimum atomic E-state index is -1.01. The number of fused-ring (bicyclic) bond motifs is 1. The third-order valence-corrected chi connectivity index (χ3v) is 5.66. The quantitative estimate of drug-likeness (QED) is 0.372. The fourth-order valence-corrected chi connectivity index (χ4v) is 3.82. The lowest BCUT2D eigenvalue weighted by molar-refractivity contribution is -0.127. The zero-order valence-electron chi connectivity index (χ0n) is 20.0. The maximum Gasteiger partial charge on any atom is 0.251 e. The van der Waals surface area contributed by atoms with Crippen LogP contribution in [0.3, 0.4) is 0 Å². The highest BCUT2D eigenvalue weighted by atomic mass is 16.5. The highest BCUT2D eigenvalue weighted by Crippen LogP contribution is 2.30. The first-order valence-electron chi connectivity index (χ1n) is 11.5. The summed E-state index contributed by atoms with van der Waals surface area (Å²) in [6.45, 7) is 4.56. The van der Waals surface area contributed by atoms with E-state index in [4.69, 9.17) is 9.15 Å². The molecule has 182 valence electrons. The van der Waals surface area contributed by atoms with Crippen LogP contribution in [0.4, 0.5) is 5.69 Å². The third kappa shape index (κ3) is 5.51. The van der Waals surface area contributed by atoms with E-state index in [1.807, 2.05) is 24.3 Å². The van der Waals surface area contributed by atoms with E-state index >= 15 is 0 Å². The molecule has 0 unspecified atom stereocenters. The molecular formula is C26H29N5O4. The van der Waals surface area contributed by atoms with E-state index in [1.165, 1.54) is 15.8 Å². The highest BCUT2D eigenvalue weighted by Gasteiger charge is 2.35. The number of rotatable bonds is 10. The summed E-state index contributed by atoms with van der Waals surface area (Å²) in [6.07, 6.45) is 2.31. The lowest BCUT2D eigenvalue weighted by Gasteiger charge is -2.30. The standard InChI is InChI=1S/C26H29N5O4/c1-18(2)14-15-27-26(33)25(23-9-6-16-35-23)31(19-10-12-20(34-3)13-11-19)24(32)17-30-22-8-5-4-7-21(22)28-29-30/h4-13,16,18,25H,14-15,17H2,1-3H3,(H,27,33)/t25-/m0/s1. The van der Waals surface area contributed by atoms with Crippen LogP contribution in [0.25, 0.3) is 11.0 Å². The molecular weight excluding hydrogens is 446 g/mol. The summed E-state index contributed by atoms with van der Waals surface area (Å²) in [7, 11) is 1.57. The number of carbonyl (C=O) groups is 2. The van der Waals surface area contributed by atoms with Crippen molar-refractivity contribution < 1.29 is 18.7 Å². The van der Waals surface area contributed by atoms with Gasteiger partial charge in [0.2, 0.25) is 5.91 Å². The van der Waals surface area contributed by atoms with Crippen LogP contribution in [0.2, 0.25) is 0 Å². The predicted molar refractivity (Wildman–Crippen MR) is 132 cm³/mol. The number of furan rings is 1. The van der Waals surface area contributed by atoms with Crippen LogP contribution in [0, 0.1) is 5.92 Å². The van der Waals surface area contributed by atoms with Gasteiger partial charge in [-0.1, -0.05) is 31.2 Å². The Morgan fingerprint density at radius 2 is 1.86 bits per heavy atom. The molecule has 4 rings (SSSR count). The minimum absolute atomic E-state index is 0.108. The van der Waals surface area contributed by atoms with Gasteiger partial charge in [0.1, 0.15) is 23.6 Å². The van der Waals surface area contributed by atoms with E-state index in [0.29, 0.717) is 35.2 Å². The van der Waals surface area contributed by atoms with Gasteiger partial charge in [-0.2, -0.15) is 0 Å². The molecule has 9 heteroatoms. The van der Waals surface area contributed by atoms with Crippen molar-refractivity contribution in [3.8, 4) is 5.75 Å². The van der Waals surface area contributed by atoms with E-state index in [2.05, 4.69) is 29.5 Å². The summed E-state index contributed by atoms with van der Waals surface area (Å²) < 4.78 is 12.4. The second-order valence-electron chi connectivity index (χ2n) is 8.59. The molecule has 1 N–H and O–H groups in total. The van der Waals surface area contributed by atoms with Crippen LogP contribution >= 0.6 is 0 Å². The number of ether oxygens (including phenoxy) is 1. The normalized spacial score (nSPS) is 12.0. The second kappa shape index (κ2) is 10.9. The average molecular weight is 476 g/mol. The molecule has 2 heterocycles. The van der Waals surface area contributed by atoms with E-state index in [1.54, 1.807) is 43.5 Å². The van der Waals surface area contributed by atoms with Crippen LogP contribution < -0.4 is 15.0 Å². The summed E-state index contributed by atoms with van der Waals surface area (Å²) in [4.78, 5) is 28.7. The maximum atomic E-state index is 13.8. The lowest BCUT2D eigenvalue weighted by Crippen LogP contribution is -2.45. The van der Waals surface area contributed by atoms with Gasteiger partial charge >= 0.3 is 0 Å². The summed E-state index contributed by atoms with van der Waals surface area (Å²) in [5.74, 6) is 0.760. The summed E-state index contributed by atoms with van der Waals surface area (Å²) in [5, 5.41) is 11.3. The topological polar surface area (TPSA) is 102 Å². The number of amides is 2. The SMILES string of the molecule is COc1ccc(N(C(=O)Cn2nnc3ccccc32)[C@H](C(=O)NCCC(C)C)c2ccco2)cc1. The lowest BCUT2D eigenvalue weighted by atomic mass is 10.1. The van der Waals surface area contributed by atoms with Gasteiger partial charge in [-0.05, 0) is 60.9 Å². The fourth-order valence-electron chi connectivity index (χ4n) is 3.82. The van der Waals surface area contributed by atoms with Crippen molar-refractivity contribution in [2.75, 3.05) is 18.6 Å². The Kier molecular flexibility index (Phi) is 7.45. The minimum Gasteiger partial charge on any atom is -0.497 e. The third-order valence-electron chi connectivity index (χ3n) is 5.66. The molecule has 9 nitrogen and oxygen atoms in total. The van der Waals surface area contributed by atoms with Crippen LogP contribution in [0.1, 0.15) is 32.1 Å². The maximum absolute atomic E-state index is 13.8. The molecule has 0 bridgehead atoms. The molecule has 4 aromatic rings. The molecule has 0 saturated carbocycles. The van der Waals surface area contributed by atoms with Crippen molar-refractivity contribution in [3.63, 3.8) is 0 Å². The van der Waals surface area contributed by atoms with Gasteiger partial charge in [-0.25, -0.2) is 4.68 Å². The van der Waals surface area contributed by atoms with Gasteiger partial charge in [-0.15, -0.1) is 5.10 Å². The number of hydrogen-bond donors (Lipinski definition) is 1. The Morgan fingerprint density at radius 3 is 2.54 bits per heavy atom.